The third kappa shape index (κ3) is 9.62. The summed E-state index contributed by atoms with van der Waals surface area (Å²) < 4.78 is 19.8. The van der Waals surface area contributed by atoms with E-state index in [0.29, 0.717) is 18.0 Å². The first kappa shape index (κ1) is 28.1. The van der Waals surface area contributed by atoms with Crippen molar-refractivity contribution in [2.75, 3.05) is 20.3 Å². The van der Waals surface area contributed by atoms with E-state index in [0.717, 1.165) is 36.3 Å². The number of allylic oxidation sites excluding steroid dienone is 8. The molecule has 34 heavy (non-hydrogen) atoms. The van der Waals surface area contributed by atoms with Gasteiger partial charge in [0.2, 0.25) is 0 Å². The molecule has 1 saturated heterocycles. The largest absolute Gasteiger partial charge is 0.513 e. The molecule has 2 unspecified atom stereocenters. The normalized spacial score (nSPS) is 22.5. The van der Waals surface area contributed by atoms with Crippen molar-refractivity contribution in [3.63, 3.8) is 0 Å². The average Bonchev–Trinajstić information content (AvgIpc) is 3.52. The summed E-state index contributed by atoms with van der Waals surface area (Å²) in [7, 11) is 1.53. The van der Waals surface area contributed by atoms with E-state index in [1.165, 1.54) is 38.6 Å². The fourth-order valence-electron chi connectivity index (χ4n) is 3.78. The minimum atomic E-state index is -0.791. The van der Waals surface area contributed by atoms with Gasteiger partial charge in [-0.3, -0.25) is 4.90 Å². The molecular weight excluding hydrogens is 453 g/mol. The number of rotatable bonds is 13. The Balaban J connectivity index is 2.02. The summed E-state index contributed by atoms with van der Waals surface area (Å²) in [6.45, 7) is 6.14. The van der Waals surface area contributed by atoms with E-state index >= 15 is 0 Å². The van der Waals surface area contributed by atoms with Gasteiger partial charge in [-0.1, -0.05) is 43.7 Å². The van der Waals surface area contributed by atoms with E-state index in [2.05, 4.69) is 29.5 Å². The van der Waals surface area contributed by atoms with Crippen LogP contribution in [0, 0.1) is 5.92 Å². The minimum absolute atomic E-state index is 0.139. The van der Waals surface area contributed by atoms with Crippen molar-refractivity contribution in [1.29, 1.82) is 0 Å². The van der Waals surface area contributed by atoms with Crippen molar-refractivity contribution < 1.29 is 19.3 Å². The predicted octanol–water partition coefficient (Wildman–Crippen LogP) is 5.31. The number of aliphatic hydroxyl groups is 2. The molecule has 1 heterocycles. The van der Waals surface area contributed by atoms with Gasteiger partial charge in [-0.15, -0.1) is 12.6 Å². The Morgan fingerprint density at radius 1 is 1.32 bits per heavy atom. The second kappa shape index (κ2) is 15.0. The Bertz CT molecular complexity index is 859. The van der Waals surface area contributed by atoms with Gasteiger partial charge < -0.3 is 20.3 Å². The Morgan fingerprint density at radius 2 is 2.06 bits per heavy atom. The SMILES string of the molecule is C=CN=C(NC(=C/O)/C=C(F)\C(C)=C\C=C\C=C(/S)CCC1CC1)C1CCCN1C(O)COC. The van der Waals surface area contributed by atoms with Crippen molar-refractivity contribution in [3.8, 4) is 0 Å². The monoisotopic (exact) mass is 491 g/mol. The van der Waals surface area contributed by atoms with E-state index in [1.807, 2.05) is 17.1 Å². The van der Waals surface area contributed by atoms with Gasteiger partial charge in [-0.05, 0) is 49.0 Å². The maximum atomic E-state index is 14.8. The number of ether oxygens (including phenoxy) is 1. The van der Waals surface area contributed by atoms with Crippen molar-refractivity contribution in [1.82, 2.24) is 10.2 Å². The van der Waals surface area contributed by atoms with E-state index < -0.39 is 12.1 Å². The van der Waals surface area contributed by atoms with Gasteiger partial charge in [0, 0.05) is 25.9 Å². The van der Waals surface area contributed by atoms with Gasteiger partial charge >= 0.3 is 0 Å². The quantitative estimate of drug-likeness (QED) is 0.0924. The fraction of sp³-hybridized carbons (Fsp3) is 0.500. The lowest BCUT2D eigenvalue weighted by molar-refractivity contribution is -0.0436. The molecule has 2 atom stereocenters. The molecule has 1 aliphatic carbocycles. The van der Waals surface area contributed by atoms with Gasteiger partial charge in [0.05, 0.1) is 18.3 Å². The van der Waals surface area contributed by atoms with Crippen LogP contribution < -0.4 is 5.32 Å². The number of nitrogens with one attached hydrogen (secondary N) is 1. The minimum Gasteiger partial charge on any atom is -0.513 e. The predicted molar refractivity (Wildman–Crippen MR) is 140 cm³/mol. The smallest absolute Gasteiger partial charge is 0.131 e. The number of likely N-dealkylation sites (tertiary alicyclic amines) is 1. The van der Waals surface area contributed by atoms with Crippen molar-refractivity contribution in [3.05, 3.63) is 71.4 Å². The summed E-state index contributed by atoms with van der Waals surface area (Å²) >= 11 is 4.49. The number of aliphatic imine (C=N–C) groups is 1. The van der Waals surface area contributed by atoms with Gasteiger partial charge in [0.15, 0.2) is 0 Å². The molecule has 0 aromatic carbocycles. The highest BCUT2D eigenvalue weighted by Gasteiger charge is 2.33. The molecule has 8 heteroatoms. The Morgan fingerprint density at radius 3 is 2.71 bits per heavy atom. The van der Waals surface area contributed by atoms with Crippen LogP contribution in [-0.4, -0.2) is 53.5 Å². The molecule has 0 aromatic heterocycles. The molecule has 1 saturated carbocycles. The molecule has 2 fully saturated rings. The van der Waals surface area contributed by atoms with E-state index in [4.69, 9.17) is 4.74 Å². The average molecular weight is 492 g/mol. The molecule has 0 spiro atoms. The molecule has 2 rings (SSSR count). The molecule has 3 N–H and O–H groups in total. The van der Waals surface area contributed by atoms with E-state index in [1.54, 1.807) is 19.1 Å². The van der Waals surface area contributed by atoms with Crippen LogP contribution in [-0.2, 0) is 4.74 Å². The van der Waals surface area contributed by atoms with Crippen LogP contribution in [0.15, 0.2) is 76.4 Å². The third-order valence-electron chi connectivity index (χ3n) is 5.86. The molecule has 188 valence electrons. The lowest BCUT2D eigenvalue weighted by atomic mass is 10.1. The molecule has 1 aliphatic heterocycles. The number of halogens is 1. The van der Waals surface area contributed by atoms with E-state index in [-0.39, 0.29) is 18.3 Å². The molecule has 0 radical (unpaired) electrons. The summed E-state index contributed by atoms with van der Waals surface area (Å²) in [6, 6.07) is -0.240. The zero-order valence-corrected chi connectivity index (χ0v) is 21.1. The third-order valence-corrected chi connectivity index (χ3v) is 6.23. The van der Waals surface area contributed by atoms with Crippen LogP contribution in [0.5, 0.6) is 0 Å². The van der Waals surface area contributed by atoms with Gasteiger partial charge in [0.1, 0.15) is 24.2 Å². The van der Waals surface area contributed by atoms with Crippen LogP contribution in [0.3, 0.4) is 0 Å². The fourth-order valence-corrected chi connectivity index (χ4v) is 3.99. The first-order valence-electron chi connectivity index (χ1n) is 11.7. The molecule has 6 nitrogen and oxygen atoms in total. The molecule has 0 amide bonds. The lowest BCUT2D eigenvalue weighted by Gasteiger charge is -2.30. The number of hydrogen-bond donors (Lipinski definition) is 4. The van der Waals surface area contributed by atoms with Gasteiger partial charge in [-0.2, -0.15) is 0 Å². The zero-order chi connectivity index (χ0) is 24.9. The highest BCUT2D eigenvalue weighted by atomic mass is 32.1. The van der Waals surface area contributed by atoms with Crippen molar-refractivity contribution in [2.24, 2.45) is 10.9 Å². The first-order chi connectivity index (χ1) is 16.4. The van der Waals surface area contributed by atoms with Crippen molar-refractivity contribution >= 4 is 18.5 Å². The highest BCUT2D eigenvalue weighted by Crippen LogP contribution is 2.35. The van der Waals surface area contributed by atoms with Crippen LogP contribution in [0.4, 0.5) is 4.39 Å². The van der Waals surface area contributed by atoms with Crippen LogP contribution in [0.2, 0.25) is 0 Å². The van der Waals surface area contributed by atoms with Gasteiger partial charge in [0.25, 0.3) is 0 Å². The van der Waals surface area contributed by atoms with Crippen LogP contribution in [0.25, 0.3) is 0 Å². The first-order valence-corrected chi connectivity index (χ1v) is 12.2. The second-order valence-electron chi connectivity index (χ2n) is 8.61. The Hall–Kier alpha value is -2.13. The number of amidine groups is 1. The molecular formula is C26H38FN3O3S. The summed E-state index contributed by atoms with van der Waals surface area (Å²) in [5.74, 6) is 0.834. The Kier molecular flexibility index (Phi) is 12.4. The number of methoxy groups -OCH3 is 1. The lowest BCUT2D eigenvalue weighted by Crippen LogP contribution is -2.49. The van der Waals surface area contributed by atoms with Crippen LogP contribution in [0.1, 0.15) is 45.4 Å². The zero-order valence-electron chi connectivity index (χ0n) is 20.2. The van der Waals surface area contributed by atoms with Crippen LogP contribution >= 0.6 is 12.6 Å². The molecule has 2 aliphatic rings. The Labute approximate surface area is 208 Å². The standard InChI is InChI=1S/C26H38FN3O3S/c1-4-28-26(24-10-7-15-30(24)25(32)18-33-3)29-21(17-31)16-23(27)19(2)8-5-6-9-22(34)14-13-20-11-12-20/h4-6,8-9,16-17,20,24-25,31-32,34H,1,7,10-15,18H2,2-3H3,(H,28,29)/b6-5+,19-8+,21-17+,22-9-,23-16+. The van der Waals surface area contributed by atoms with Gasteiger partial charge in [-0.25, -0.2) is 9.38 Å². The van der Waals surface area contributed by atoms with E-state index in [9.17, 15) is 14.6 Å². The molecule has 0 aromatic rings. The maximum absolute atomic E-state index is 14.8. The summed E-state index contributed by atoms with van der Waals surface area (Å²) in [6.07, 6.45) is 16.2. The summed E-state index contributed by atoms with van der Waals surface area (Å²) in [5, 5.41) is 23.1. The second-order valence-corrected chi connectivity index (χ2v) is 9.18. The summed E-state index contributed by atoms with van der Waals surface area (Å²) in [4.78, 5) is 7.16. The molecule has 0 bridgehead atoms. The number of hydrogen-bond acceptors (Lipinski definition) is 6. The number of aliphatic hydroxyl groups excluding tert-OH is 2. The highest BCUT2D eigenvalue weighted by molar-refractivity contribution is 7.84. The van der Waals surface area contributed by atoms with Crippen molar-refractivity contribution in [2.45, 2.75) is 57.7 Å². The number of nitrogens with zero attached hydrogens (tertiary/aromatic N) is 2. The number of thiol groups is 1. The topological polar surface area (TPSA) is 77.3 Å². The summed E-state index contributed by atoms with van der Waals surface area (Å²) in [5.41, 5.74) is 0.547. The maximum Gasteiger partial charge on any atom is 0.131 e.